The highest BCUT2D eigenvalue weighted by atomic mass is 79.9. The molecule has 0 radical (unpaired) electrons. The van der Waals surface area contributed by atoms with Gasteiger partial charge in [-0.2, -0.15) is 5.10 Å². The van der Waals surface area contributed by atoms with Gasteiger partial charge in [-0.05, 0) is 50.8 Å². The number of rotatable bonds is 7. The lowest BCUT2D eigenvalue weighted by Gasteiger charge is -2.09. The zero-order valence-electron chi connectivity index (χ0n) is 15.1. The molecule has 0 aromatic heterocycles. The lowest BCUT2D eigenvalue weighted by molar-refractivity contribution is -0.123. The molecular formula is C22H21BrN2O2. The second-order valence-electron chi connectivity index (χ2n) is 6.17. The van der Waals surface area contributed by atoms with Crippen LogP contribution >= 0.6 is 15.9 Å². The molecule has 0 heterocycles. The maximum absolute atomic E-state index is 12.0. The molecule has 0 spiro atoms. The van der Waals surface area contributed by atoms with E-state index in [-0.39, 0.29) is 12.5 Å². The van der Waals surface area contributed by atoms with Gasteiger partial charge in [0.15, 0.2) is 6.61 Å². The predicted octanol–water partition coefficient (Wildman–Crippen LogP) is 5.08. The van der Waals surface area contributed by atoms with Crippen molar-refractivity contribution in [2.45, 2.75) is 19.8 Å². The van der Waals surface area contributed by atoms with E-state index in [4.69, 9.17) is 4.74 Å². The first-order valence-corrected chi connectivity index (χ1v) is 9.67. The van der Waals surface area contributed by atoms with Crippen LogP contribution in [0.3, 0.4) is 0 Å². The molecule has 0 atom stereocenters. The molecule has 3 rings (SSSR count). The standard InChI is InChI=1S/C22H21BrN2O2/c1-2-6-16-11-12-21(20(23)13-16)27-15-22(26)25-24-14-18-9-5-8-17-7-3-4-10-19(17)18/h3-5,7-14H,2,6,15H2,1H3,(H,25,26)/b24-14+. The van der Waals surface area contributed by atoms with Crippen molar-refractivity contribution in [3.8, 4) is 5.75 Å². The molecule has 1 amide bonds. The molecule has 0 aliphatic carbocycles. The number of carbonyl (C=O) groups is 1. The minimum atomic E-state index is -0.309. The minimum absolute atomic E-state index is 0.0986. The van der Waals surface area contributed by atoms with Crippen LogP contribution in [0.4, 0.5) is 0 Å². The monoisotopic (exact) mass is 424 g/mol. The number of halogens is 1. The molecule has 0 unspecified atom stereocenters. The van der Waals surface area contributed by atoms with Gasteiger partial charge in [-0.1, -0.05) is 61.9 Å². The summed E-state index contributed by atoms with van der Waals surface area (Å²) in [5, 5.41) is 6.27. The smallest absolute Gasteiger partial charge is 0.277 e. The van der Waals surface area contributed by atoms with Crippen molar-refractivity contribution < 1.29 is 9.53 Å². The number of hydrazone groups is 1. The van der Waals surface area contributed by atoms with Gasteiger partial charge < -0.3 is 4.74 Å². The van der Waals surface area contributed by atoms with Gasteiger partial charge in [0.2, 0.25) is 0 Å². The molecule has 3 aromatic carbocycles. The summed E-state index contributed by atoms with van der Waals surface area (Å²) in [6.07, 6.45) is 3.75. The highest BCUT2D eigenvalue weighted by Gasteiger charge is 2.06. The summed E-state index contributed by atoms with van der Waals surface area (Å²) in [5.74, 6) is 0.332. The second-order valence-corrected chi connectivity index (χ2v) is 7.02. The Morgan fingerprint density at radius 1 is 1.15 bits per heavy atom. The van der Waals surface area contributed by atoms with Crippen molar-refractivity contribution in [3.63, 3.8) is 0 Å². The first-order chi connectivity index (χ1) is 13.2. The van der Waals surface area contributed by atoms with E-state index in [2.05, 4.69) is 33.4 Å². The molecule has 0 fully saturated rings. The van der Waals surface area contributed by atoms with Crippen molar-refractivity contribution in [2.24, 2.45) is 5.10 Å². The van der Waals surface area contributed by atoms with Crippen LogP contribution in [0.15, 0.2) is 70.2 Å². The fourth-order valence-corrected chi connectivity index (χ4v) is 3.36. The quantitative estimate of drug-likeness (QED) is 0.424. The fraction of sp³-hybridized carbons (Fsp3) is 0.182. The van der Waals surface area contributed by atoms with Crippen LogP contribution in [0.1, 0.15) is 24.5 Å². The van der Waals surface area contributed by atoms with Gasteiger partial charge in [-0.3, -0.25) is 4.79 Å². The van der Waals surface area contributed by atoms with Crippen molar-refractivity contribution >= 4 is 38.8 Å². The number of nitrogens with zero attached hydrogens (tertiary/aromatic N) is 1. The van der Waals surface area contributed by atoms with Crippen LogP contribution in [0, 0.1) is 0 Å². The molecule has 0 saturated heterocycles. The number of fused-ring (bicyclic) bond motifs is 1. The van der Waals surface area contributed by atoms with Gasteiger partial charge in [-0.15, -0.1) is 0 Å². The number of hydrogen-bond acceptors (Lipinski definition) is 3. The van der Waals surface area contributed by atoms with Crippen molar-refractivity contribution in [3.05, 3.63) is 76.3 Å². The number of aryl methyl sites for hydroxylation is 1. The van der Waals surface area contributed by atoms with E-state index in [1.54, 1.807) is 6.21 Å². The van der Waals surface area contributed by atoms with Crippen LogP contribution < -0.4 is 10.2 Å². The van der Waals surface area contributed by atoms with E-state index < -0.39 is 0 Å². The summed E-state index contributed by atoms with van der Waals surface area (Å²) in [7, 11) is 0. The van der Waals surface area contributed by atoms with E-state index in [0.29, 0.717) is 5.75 Å². The van der Waals surface area contributed by atoms with Crippen molar-refractivity contribution in [1.82, 2.24) is 5.43 Å². The Kier molecular flexibility index (Phi) is 6.60. The van der Waals surface area contributed by atoms with Crippen molar-refractivity contribution in [1.29, 1.82) is 0 Å². The largest absolute Gasteiger partial charge is 0.483 e. The number of ether oxygens (including phenoxy) is 1. The van der Waals surface area contributed by atoms with E-state index in [9.17, 15) is 4.79 Å². The highest BCUT2D eigenvalue weighted by molar-refractivity contribution is 9.10. The summed E-state index contributed by atoms with van der Waals surface area (Å²) < 4.78 is 6.42. The molecule has 1 N–H and O–H groups in total. The summed E-state index contributed by atoms with van der Waals surface area (Å²) >= 11 is 3.49. The van der Waals surface area contributed by atoms with E-state index in [0.717, 1.165) is 33.7 Å². The fourth-order valence-electron chi connectivity index (χ4n) is 2.82. The Morgan fingerprint density at radius 3 is 2.78 bits per heavy atom. The average molecular weight is 425 g/mol. The maximum atomic E-state index is 12.0. The maximum Gasteiger partial charge on any atom is 0.277 e. The Balaban J connectivity index is 1.56. The van der Waals surface area contributed by atoms with E-state index in [1.807, 2.05) is 60.7 Å². The SMILES string of the molecule is CCCc1ccc(OCC(=O)N/N=C/c2cccc3ccccc23)c(Br)c1. The lowest BCUT2D eigenvalue weighted by atomic mass is 10.1. The molecule has 138 valence electrons. The van der Waals surface area contributed by atoms with Gasteiger partial charge in [-0.25, -0.2) is 5.43 Å². The predicted molar refractivity (Wildman–Crippen MR) is 113 cm³/mol. The summed E-state index contributed by atoms with van der Waals surface area (Å²) in [6, 6.07) is 19.9. The van der Waals surface area contributed by atoms with E-state index >= 15 is 0 Å². The van der Waals surface area contributed by atoms with Gasteiger partial charge in [0, 0.05) is 5.56 Å². The molecule has 4 nitrogen and oxygen atoms in total. The van der Waals surface area contributed by atoms with Gasteiger partial charge >= 0.3 is 0 Å². The number of benzene rings is 3. The van der Waals surface area contributed by atoms with Crippen LogP contribution in [-0.2, 0) is 11.2 Å². The first-order valence-electron chi connectivity index (χ1n) is 8.88. The van der Waals surface area contributed by atoms with Crippen molar-refractivity contribution in [2.75, 3.05) is 6.61 Å². The normalized spacial score (nSPS) is 11.0. The first kappa shape index (κ1) is 19.1. The molecule has 0 saturated carbocycles. The second kappa shape index (κ2) is 9.33. The third-order valence-corrected chi connectivity index (χ3v) is 4.73. The molecule has 0 aliphatic rings. The summed E-state index contributed by atoms with van der Waals surface area (Å²) in [4.78, 5) is 12.0. The van der Waals surface area contributed by atoms with E-state index in [1.165, 1.54) is 5.56 Å². The number of nitrogens with one attached hydrogen (secondary N) is 1. The topological polar surface area (TPSA) is 50.7 Å². The molecular weight excluding hydrogens is 404 g/mol. The van der Waals surface area contributed by atoms with Crippen LogP contribution in [0.5, 0.6) is 5.75 Å². The number of hydrogen-bond donors (Lipinski definition) is 1. The van der Waals surface area contributed by atoms with Crippen LogP contribution in [0.25, 0.3) is 10.8 Å². The van der Waals surface area contributed by atoms with Gasteiger partial charge in [0.25, 0.3) is 5.91 Å². The minimum Gasteiger partial charge on any atom is -0.483 e. The Bertz CT molecular complexity index is 964. The summed E-state index contributed by atoms with van der Waals surface area (Å²) in [6.45, 7) is 2.04. The third kappa shape index (κ3) is 5.17. The van der Waals surface area contributed by atoms with Gasteiger partial charge in [0.05, 0.1) is 10.7 Å². The zero-order valence-corrected chi connectivity index (χ0v) is 16.7. The molecule has 0 bridgehead atoms. The number of carbonyl (C=O) groups excluding carboxylic acids is 1. The molecule has 5 heteroatoms. The third-order valence-electron chi connectivity index (χ3n) is 4.11. The Labute approximate surface area is 167 Å². The Hall–Kier alpha value is -2.66. The molecule has 0 aliphatic heterocycles. The highest BCUT2D eigenvalue weighted by Crippen LogP contribution is 2.26. The van der Waals surface area contributed by atoms with Crippen LogP contribution in [-0.4, -0.2) is 18.7 Å². The average Bonchev–Trinajstić information content (AvgIpc) is 2.68. The number of amides is 1. The molecule has 27 heavy (non-hydrogen) atoms. The molecule has 3 aromatic rings. The zero-order chi connectivity index (χ0) is 19.1. The lowest BCUT2D eigenvalue weighted by Crippen LogP contribution is -2.24. The Morgan fingerprint density at radius 2 is 1.96 bits per heavy atom. The van der Waals surface area contributed by atoms with Gasteiger partial charge in [0.1, 0.15) is 5.75 Å². The van der Waals surface area contributed by atoms with Crippen LogP contribution in [0.2, 0.25) is 0 Å². The summed E-state index contributed by atoms with van der Waals surface area (Å²) in [5.41, 5.74) is 4.69.